The minimum atomic E-state index is -0.838. The number of hydrogen-bond acceptors (Lipinski definition) is 2. The predicted molar refractivity (Wildman–Crippen MR) is 94.6 cm³/mol. The molecule has 118 valence electrons. The molecule has 1 N–H and O–H groups in total. The van der Waals surface area contributed by atoms with Crippen molar-refractivity contribution in [1.29, 1.82) is 0 Å². The molecule has 3 aromatic rings. The predicted octanol–water partition coefficient (Wildman–Crippen LogP) is 5.15. The molecule has 0 atom stereocenters. The van der Waals surface area contributed by atoms with Gasteiger partial charge in [0.1, 0.15) is 6.54 Å². The summed E-state index contributed by atoms with van der Waals surface area (Å²) in [5, 5.41) is 11.0. The minimum absolute atomic E-state index is 0.0348. The van der Waals surface area contributed by atoms with Gasteiger partial charge in [0.05, 0.1) is 5.52 Å². The van der Waals surface area contributed by atoms with Crippen LogP contribution in [0.25, 0.3) is 10.9 Å². The fourth-order valence-corrected chi connectivity index (χ4v) is 4.00. The number of aliphatic carboxylic acids is 1. The molecule has 0 aliphatic carbocycles. The van der Waals surface area contributed by atoms with E-state index in [1.54, 1.807) is 11.8 Å². The van der Waals surface area contributed by atoms with Crippen LogP contribution in [0.2, 0.25) is 5.02 Å². The lowest BCUT2D eigenvalue weighted by atomic mass is 10.1. The van der Waals surface area contributed by atoms with E-state index in [9.17, 15) is 9.90 Å². The average Bonchev–Trinajstić information content (AvgIpc) is 2.76. The summed E-state index contributed by atoms with van der Waals surface area (Å²) in [4.78, 5) is 13.4. The quantitative estimate of drug-likeness (QED) is 0.711. The van der Waals surface area contributed by atoms with Crippen LogP contribution >= 0.6 is 23.4 Å². The van der Waals surface area contributed by atoms with E-state index in [1.807, 2.05) is 47.9 Å². The van der Waals surface area contributed by atoms with Gasteiger partial charge in [0, 0.05) is 25.9 Å². The van der Waals surface area contributed by atoms with Gasteiger partial charge in [0.25, 0.3) is 0 Å². The highest BCUT2D eigenvalue weighted by Crippen LogP contribution is 2.39. The molecule has 0 radical (unpaired) electrons. The van der Waals surface area contributed by atoms with Gasteiger partial charge in [0.15, 0.2) is 0 Å². The minimum Gasteiger partial charge on any atom is -0.480 e. The normalized spacial score (nSPS) is 11.1. The molecule has 0 saturated heterocycles. The number of hydrogen-bond donors (Lipinski definition) is 1. The van der Waals surface area contributed by atoms with Crippen molar-refractivity contribution in [3.8, 4) is 0 Å². The van der Waals surface area contributed by atoms with Gasteiger partial charge in [0.2, 0.25) is 0 Å². The molecule has 3 rings (SSSR count). The second-order valence-electron chi connectivity index (χ2n) is 5.42. The Morgan fingerprint density at radius 1 is 1.17 bits per heavy atom. The Kier molecular flexibility index (Phi) is 4.37. The van der Waals surface area contributed by atoms with Crippen LogP contribution in [-0.2, 0) is 11.3 Å². The third-order valence-electron chi connectivity index (χ3n) is 3.83. The maximum atomic E-state index is 11.2. The van der Waals surface area contributed by atoms with Crippen molar-refractivity contribution < 1.29 is 9.90 Å². The topological polar surface area (TPSA) is 42.2 Å². The summed E-state index contributed by atoms with van der Waals surface area (Å²) in [6, 6.07) is 13.7. The molecular formula is C18H16ClNO2S. The number of halogens is 1. The Morgan fingerprint density at radius 3 is 2.52 bits per heavy atom. The summed E-state index contributed by atoms with van der Waals surface area (Å²) in [7, 11) is 0. The van der Waals surface area contributed by atoms with Gasteiger partial charge in [-0.2, -0.15) is 0 Å². The lowest BCUT2D eigenvalue weighted by molar-refractivity contribution is -0.137. The monoisotopic (exact) mass is 345 g/mol. The van der Waals surface area contributed by atoms with E-state index in [4.69, 9.17) is 11.6 Å². The first-order valence-electron chi connectivity index (χ1n) is 7.21. The van der Waals surface area contributed by atoms with Crippen LogP contribution in [0.15, 0.2) is 52.3 Å². The number of rotatable bonds is 4. The lowest BCUT2D eigenvalue weighted by Gasteiger charge is -2.05. The zero-order valence-electron chi connectivity index (χ0n) is 12.8. The number of aryl methyl sites for hydroxylation is 1. The van der Waals surface area contributed by atoms with Crippen LogP contribution < -0.4 is 0 Å². The number of benzene rings is 2. The Bertz CT molecular complexity index is 884. The number of fused-ring (bicyclic) bond motifs is 1. The summed E-state index contributed by atoms with van der Waals surface area (Å²) in [6.07, 6.45) is 0. The molecule has 0 spiro atoms. The molecule has 0 bridgehead atoms. The van der Waals surface area contributed by atoms with Crippen molar-refractivity contribution in [3.63, 3.8) is 0 Å². The third-order valence-corrected chi connectivity index (χ3v) is 5.29. The van der Waals surface area contributed by atoms with Gasteiger partial charge >= 0.3 is 5.97 Å². The fraction of sp³-hybridized carbons (Fsp3) is 0.167. The Morgan fingerprint density at radius 2 is 1.87 bits per heavy atom. The molecular weight excluding hydrogens is 330 g/mol. The lowest BCUT2D eigenvalue weighted by Crippen LogP contribution is -2.09. The summed E-state index contributed by atoms with van der Waals surface area (Å²) >= 11 is 7.59. The first kappa shape index (κ1) is 16.0. The molecule has 2 aromatic carbocycles. The van der Waals surface area contributed by atoms with Gasteiger partial charge in [-0.25, -0.2) is 0 Å². The fourth-order valence-electron chi connectivity index (χ4n) is 2.74. The second kappa shape index (κ2) is 6.30. The molecule has 0 fully saturated rings. The van der Waals surface area contributed by atoms with E-state index in [2.05, 4.69) is 13.0 Å². The zero-order valence-corrected chi connectivity index (χ0v) is 14.4. The van der Waals surface area contributed by atoms with E-state index in [1.165, 1.54) is 0 Å². The molecule has 0 aliphatic rings. The number of aromatic nitrogens is 1. The van der Waals surface area contributed by atoms with E-state index in [0.717, 1.165) is 32.0 Å². The molecule has 0 amide bonds. The van der Waals surface area contributed by atoms with Crippen LogP contribution in [0.4, 0.5) is 0 Å². The maximum Gasteiger partial charge on any atom is 0.323 e. The molecule has 5 heteroatoms. The largest absolute Gasteiger partial charge is 0.480 e. The number of nitrogens with zero attached hydrogens (tertiary/aromatic N) is 1. The zero-order chi connectivity index (χ0) is 16.6. The van der Waals surface area contributed by atoms with Crippen LogP contribution in [0.3, 0.4) is 0 Å². The molecule has 1 aromatic heterocycles. The van der Waals surface area contributed by atoms with Crippen molar-refractivity contribution in [1.82, 2.24) is 4.57 Å². The highest BCUT2D eigenvalue weighted by molar-refractivity contribution is 7.99. The maximum absolute atomic E-state index is 11.2. The number of carbonyl (C=O) groups is 1. The van der Waals surface area contributed by atoms with E-state index in [-0.39, 0.29) is 6.54 Å². The summed E-state index contributed by atoms with van der Waals surface area (Å²) in [5.41, 5.74) is 3.07. The molecule has 0 saturated carbocycles. The Hall–Kier alpha value is -1.91. The van der Waals surface area contributed by atoms with Crippen molar-refractivity contribution in [2.75, 3.05) is 0 Å². The average molecular weight is 346 g/mol. The SMILES string of the molecule is Cc1cccc2c1c(Sc1ccc(Cl)cc1)c(C)n2CC(=O)O. The third kappa shape index (κ3) is 3.09. The van der Waals surface area contributed by atoms with Crippen LogP contribution in [0.5, 0.6) is 0 Å². The highest BCUT2D eigenvalue weighted by Gasteiger charge is 2.18. The van der Waals surface area contributed by atoms with Crippen molar-refractivity contribution >= 4 is 40.2 Å². The van der Waals surface area contributed by atoms with Crippen molar-refractivity contribution in [3.05, 3.63) is 58.7 Å². The van der Waals surface area contributed by atoms with Gasteiger partial charge in [-0.15, -0.1) is 0 Å². The molecule has 0 unspecified atom stereocenters. The van der Waals surface area contributed by atoms with E-state index >= 15 is 0 Å². The van der Waals surface area contributed by atoms with E-state index in [0.29, 0.717) is 5.02 Å². The summed E-state index contributed by atoms with van der Waals surface area (Å²) in [6.45, 7) is 3.99. The first-order valence-corrected chi connectivity index (χ1v) is 8.40. The van der Waals surface area contributed by atoms with Gasteiger partial charge in [-0.05, 0) is 49.7 Å². The second-order valence-corrected chi connectivity index (χ2v) is 6.94. The molecule has 1 heterocycles. The van der Waals surface area contributed by atoms with Crippen molar-refractivity contribution in [2.24, 2.45) is 0 Å². The summed E-state index contributed by atoms with van der Waals surface area (Å²) < 4.78 is 1.86. The molecule has 23 heavy (non-hydrogen) atoms. The summed E-state index contributed by atoms with van der Waals surface area (Å²) in [5.74, 6) is -0.838. The molecule has 3 nitrogen and oxygen atoms in total. The van der Waals surface area contributed by atoms with Gasteiger partial charge in [-0.3, -0.25) is 4.79 Å². The first-order chi connectivity index (χ1) is 11.0. The number of carboxylic acids is 1. The van der Waals surface area contributed by atoms with Gasteiger partial charge < -0.3 is 9.67 Å². The van der Waals surface area contributed by atoms with E-state index < -0.39 is 5.97 Å². The van der Waals surface area contributed by atoms with Gasteiger partial charge in [-0.1, -0.05) is 35.5 Å². The number of carboxylic acid groups (broad SMARTS) is 1. The van der Waals surface area contributed by atoms with Crippen LogP contribution in [-0.4, -0.2) is 15.6 Å². The van der Waals surface area contributed by atoms with Crippen LogP contribution in [0.1, 0.15) is 11.3 Å². The standard InChI is InChI=1S/C18H16ClNO2S/c1-11-4-3-5-15-17(11)18(12(2)20(15)10-16(21)22)23-14-8-6-13(19)7-9-14/h3-9H,10H2,1-2H3,(H,21,22). The highest BCUT2D eigenvalue weighted by atomic mass is 35.5. The Labute approximate surface area is 143 Å². The van der Waals surface area contributed by atoms with Crippen molar-refractivity contribution in [2.45, 2.75) is 30.2 Å². The smallest absolute Gasteiger partial charge is 0.323 e. The van der Waals surface area contributed by atoms with Crippen LogP contribution in [0, 0.1) is 13.8 Å². The molecule has 0 aliphatic heterocycles. The Balaban J connectivity index is 2.17.